The van der Waals surface area contributed by atoms with Gasteiger partial charge in [-0.1, -0.05) is 206 Å². The molecular weight excluding hydrogens is 1070 g/mol. The minimum Gasteiger partial charge on any atom is -0.309 e. The summed E-state index contributed by atoms with van der Waals surface area (Å²) in [6.07, 6.45) is 0. The van der Waals surface area contributed by atoms with Crippen molar-refractivity contribution in [1.82, 2.24) is 28.7 Å². The van der Waals surface area contributed by atoms with E-state index in [2.05, 4.69) is 281 Å². The van der Waals surface area contributed by atoms with Gasteiger partial charge < -0.3 is 13.7 Å². The molecule has 1 unspecified atom stereocenters. The van der Waals surface area contributed by atoms with Crippen molar-refractivity contribution < 1.29 is 0 Å². The van der Waals surface area contributed by atoms with Gasteiger partial charge in [-0.05, 0) is 147 Å². The Hall–Kier alpha value is -11.7. The molecule has 19 rings (SSSR count). The Morgan fingerprint density at radius 2 is 0.648 bits per heavy atom. The molecule has 408 valence electrons. The van der Waals surface area contributed by atoms with Crippen molar-refractivity contribution in [2.45, 2.75) is 5.41 Å². The Balaban J connectivity index is 0.865. The predicted molar refractivity (Wildman–Crippen MR) is 361 cm³/mol. The van der Waals surface area contributed by atoms with Gasteiger partial charge in [-0.3, -0.25) is 0 Å². The summed E-state index contributed by atoms with van der Waals surface area (Å²) in [5.41, 5.74) is 25.1. The average molecular weight is 1120 g/mol. The molecule has 6 heteroatoms. The van der Waals surface area contributed by atoms with E-state index < -0.39 is 5.41 Å². The Labute approximate surface area is 506 Å². The van der Waals surface area contributed by atoms with Crippen molar-refractivity contribution in [3.63, 3.8) is 0 Å². The summed E-state index contributed by atoms with van der Waals surface area (Å²) in [5, 5.41) is 7.32. The van der Waals surface area contributed by atoms with Gasteiger partial charge in [0.05, 0.1) is 38.5 Å². The molecule has 0 bridgehead atoms. The van der Waals surface area contributed by atoms with E-state index in [0.29, 0.717) is 17.5 Å². The zero-order valence-electron chi connectivity index (χ0n) is 47.6. The molecule has 0 amide bonds. The second kappa shape index (κ2) is 18.6. The zero-order valence-corrected chi connectivity index (χ0v) is 47.6. The first-order valence-electron chi connectivity index (χ1n) is 30.2. The van der Waals surface area contributed by atoms with E-state index in [9.17, 15) is 0 Å². The highest BCUT2D eigenvalue weighted by Crippen LogP contribution is 2.65. The molecule has 6 nitrogen and oxygen atoms in total. The van der Waals surface area contributed by atoms with Crippen LogP contribution < -0.4 is 0 Å². The van der Waals surface area contributed by atoms with Crippen molar-refractivity contribution in [2.24, 2.45) is 0 Å². The molecule has 0 saturated heterocycles. The Morgan fingerprint density at radius 1 is 0.227 bits per heavy atom. The molecule has 0 N–H and O–H groups in total. The first-order valence-corrected chi connectivity index (χ1v) is 30.2. The van der Waals surface area contributed by atoms with Gasteiger partial charge >= 0.3 is 0 Å². The number of aromatic nitrogens is 6. The molecule has 2 aliphatic carbocycles. The first kappa shape index (κ1) is 48.6. The zero-order chi connectivity index (χ0) is 57.6. The van der Waals surface area contributed by atoms with Gasteiger partial charge in [-0.2, -0.15) is 0 Å². The fourth-order valence-electron chi connectivity index (χ4n) is 15.2. The summed E-state index contributed by atoms with van der Waals surface area (Å²) in [4.78, 5) is 15.3. The van der Waals surface area contributed by atoms with Gasteiger partial charge in [0.25, 0.3) is 0 Å². The minimum atomic E-state index is -0.631. The SMILES string of the molecule is c1ccc(-c2nc(-c3ccccc3)nc(-c3ccc(-n4c5ccc(-c6ccc7c(c6)c6ccccc6n7-c6ccccc6)cc5c5ccc6c(c54)-c4ccccc4C64c5ccccc5-c5cc6c7ccccc7n(-c7ccccc7)c6cc54)cc3)n2)cc1. The van der Waals surface area contributed by atoms with Crippen LogP contribution in [0.4, 0.5) is 0 Å². The van der Waals surface area contributed by atoms with Crippen LogP contribution in [-0.2, 0) is 5.41 Å². The fourth-order valence-corrected chi connectivity index (χ4v) is 15.2. The van der Waals surface area contributed by atoms with E-state index in [1.165, 1.54) is 110 Å². The smallest absolute Gasteiger partial charge is 0.164 e. The van der Waals surface area contributed by atoms with Crippen LogP contribution in [-0.4, -0.2) is 28.7 Å². The average Bonchev–Trinajstić information content (AvgIpc) is 1.50. The largest absolute Gasteiger partial charge is 0.309 e. The molecule has 13 aromatic carbocycles. The van der Waals surface area contributed by atoms with Crippen LogP contribution >= 0.6 is 0 Å². The third-order valence-corrected chi connectivity index (χ3v) is 18.9. The number of hydrogen-bond acceptors (Lipinski definition) is 3. The van der Waals surface area contributed by atoms with Crippen molar-refractivity contribution in [3.8, 4) is 84.6 Å². The molecular formula is C82H50N6. The lowest BCUT2D eigenvalue weighted by atomic mass is 9.70. The van der Waals surface area contributed by atoms with Crippen LogP contribution in [0, 0.1) is 0 Å². The second-order valence-corrected chi connectivity index (χ2v) is 23.4. The lowest BCUT2D eigenvalue weighted by molar-refractivity contribution is 0.795. The summed E-state index contributed by atoms with van der Waals surface area (Å²) < 4.78 is 7.38. The minimum absolute atomic E-state index is 0.616. The Morgan fingerprint density at radius 3 is 1.24 bits per heavy atom. The standard InChI is InChI=1S/C82H50N6/c1-5-21-51(22-6-1)79-83-80(52-23-7-2-8-24-52)85-81(84-79)53-37-41-58(42-38-53)88-75-46-40-55(54-39-45-74-65(47-54)60-30-15-19-35-72(60)86(74)56-25-9-3-10-26-56)48-66(75)62-43-44-70-77(78(62)88)63-32-14-18-34-69(63)82(70)68-33-17-13-29-59(68)64-49-67-61-31-16-20-36-73(61)87(76(67)50-71(64)82)57-27-11-4-12-28-57/h1-50H. The highest BCUT2D eigenvalue weighted by molar-refractivity contribution is 6.19. The highest BCUT2D eigenvalue weighted by Gasteiger charge is 2.53. The Bertz CT molecular complexity index is 5670. The maximum atomic E-state index is 5.15. The molecule has 4 aromatic heterocycles. The molecule has 88 heavy (non-hydrogen) atoms. The molecule has 2 aliphatic rings. The van der Waals surface area contributed by atoms with Gasteiger partial charge in [0.2, 0.25) is 0 Å². The van der Waals surface area contributed by atoms with Gasteiger partial charge in [-0.15, -0.1) is 0 Å². The maximum Gasteiger partial charge on any atom is 0.164 e. The first-order chi connectivity index (χ1) is 43.7. The van der Waals surface area contributed by atoms with E-state index in [1.54, 1.807) is 0 Å². The Kier molecular flexibility index (Phi) is 10.3. The number of rotatable bonds is 7. The van der Waals surface area contributed by atoms with Gasteiger partial charge in [-0.25, -0.2) is 15.0 Å². The summed E-state index contributed by atoms with van der Waals surface area (Å²) in [6, 6.07) is 111. The van der Waals surface area contributed by atoms with Crippen LogP contribution in [0.25, 0.3) is 150 Å². The van der Waals surface area contributed by atoms with E-state index in [0.717, 1.165) is 44.8 Å². The second-order valence-electron chi connectivity index (χ2n) is 23.4. The number of para-hydroxylation sites is 4. The molecule has 0 fully saturated rings. The van der Waals surface area contributed by atoms with Crippen LogP contribution in [0.15, 0.2) is 303 Å². The summed E-state index contributed by atoms with van der Waals surface area (Å²) in [7, 11) is 0. The molecule has 0 aliphatic heterocycles. The van der Waals surface area contributed by atoms with Crippen molar-refractivity contribution >= 4 is 65.4 Å². The maximum absolute atomic E-state index is 5.15. The van der Waals surface area contributed by atoms with Crippen LogP contribution in [0.2, 0.25) is 0 Å². The number of fused-ring (bicyclic) bond motifs is 20. The van der Waals surface area contributed by atoms with Gasteiger partial charge in [0, 0.05) is 71.6 Å². The normalized spacial score (nSPS) is 14.0. The van der Waals surface area contributed by atoms with Gasteiger partial charge in [0.15, 0.2) is 17.5 Å². The third-order valence-electron chi connectivity index (χ3n) is 18.9. The number of benzene rings is 13. The summed E-state index contributed by atoms with van der Waals surface area (Å²) >= 11 is 0. The van der Waals surface area contributed by atoms with Crippen molar-refractivity contribution in [3.05, 3.63) is 326 Å². The van der Waals surface area contributed by atoms with Crippen LogP contribution in [0.3, 0.4) is 0 Å². The van der Waals surface area contributed by atoms with Crippen LogP contribution in [0.1, 0.15) is 22.3 Å². The molecule has 4 heterocycles. The predicted octanol–water partition coefficient (Wildman–Crippen LogP) is 20.2. The highest BCUT2D eigenvalue weighted by atomic mass is 15.0. The van der Waals surface area contributed by atoms with E-state index in [4.69, 9.17) is 15.0 Å². The monoisotopic (exact) mass is 1120 g/mol. The van der Waals surface area contributed by atoms with E-state index >= 15 is 0 Å². The van der Waals surface area contributed by atoms with E-state index in [-0.39, 0.29) is 0 Å². The molecule has 0 radical (unpaired) electrons. The van der Waals surface area contributed by atoms with Crippen molar-refractivity contribution in [2.75, 3.05) is 0 Å². The lowest BCUT2D eigenvalue weighted by Crippen LogP contribution is -2.25. The summed E-state index contributed by atoms with van der Waals surface area (Å²) in [6.45, 7) is 0. The third kappa shape index (κ3) is 6.85. The molecule has 1 spiro atoms. The summed E-state index contributed by atoms with van der Waals surface area (Å²) in [5.74, 6) is 1.88. The molecule has 0 saturated carbocycles. The quantitative estimate of drug-likeness (QED) is 0.160. The topological polar surface area (TPSA) is 53.5 Å². The molecule has 1 atom stereocenters. The molecule has 17 aromatic rings. The number of nitrogens with zero attached hydrogens (tertiary/aromatic N) is 6. The fraction of sp³-hybridized carbons (Fsp3) is 0.0122. The van der Waals surface area contributed by atoms with Gasteiger partial charge in [0.1, 0.15) is 0 Å². The number of hydrogen-bond donors (Lipinski definition) is 0. The van der Waals surface area contributed by atoms with Crippen LogP contribution in [0.5, 0.6) is 0 Å². The van der Waals surface area contributed by atoms with E-state index in [1.807, 2.05) is 36.4 Å². The lowest BCUT2D eigenvalue weighted by Gasteiger charge is -2.30. The van der Waals surface area contributed by atoms with Crippen molar-refractivity contribution in [1.29, 1.82) is 0 Å².